The first-order valence-corrected chi connectivity index (χ1v) is 13.0. The molecule has 1 N–H and O–H groups in total. The van der Waals surface area contributed by atoms with Crippen LogP contribution in [0.5, 0.6) is 0 Å². The predicted molar refractivity (Wildman–Crippen MR) is 133 cm³/mol. The summed E-state index contributed by atoms with van der Waals surface area (Å²) in [7, 11) is -0.665. The number of β-lactam (4-membered cyclic amide) rings is 1. The molecule has 1 heterocycles. The normalized spacial score (nSPS) is 23.5. The van der Waals surface area contributed by atoms with Crippen LogP contribution < -0.4 is 10.2 Å². The first kappa shape index (κ1) is 24.2. The molecule has 1 aliphatic carbocycles. The van der Waals surface area contributed by atoms with Gasteiger partial charge in [0.15, 0.2) is 5.54 Å². The fourth-order valence-electron chi connectivity index (χ4n) is 4.76. The lowest BCUT2D eigenvalue weighted by Gasteiger charge is -2.54. The average molecular weight is 482 g/mol. The van der Waals surface area contributed by atoms with Crippen molar-refractivity contribution < 1.29 is 18.0 Å². The summed E-state index contributed by atoms with van der Waals surface area (Å²) in [6, 6.07) is 15.9. The Balaban J connectivity index is 1.73. The molecule has 0 spiro atoms. The zero-order valence-corrected chi connectivity index (χ0v) is 20.6. The number of carbonyl (C=O) groups is 2. The Labute approximate surface area is 201 Å². The van der Waals surface area contributed by atoms with Crippen molar-refractivity contribution in [2.24, 2.45) is 5.92 Å². The van der Waals surface area contributed by atoms with E-state index in [-0.39, 0.29) is 22.8 Å². The number of anilines is 1. The summed E-state index contributed by atoms with van der Waals surface area (Å²) < 4.78 is 26.1. The summed E-state index contributed by atoms with van der Waals surface area (Å²) >= 11 is 0. The third-order valence-corrected chi connectivity index (χ3v) is 8.71. The van der Waals surface area contributed by atoms with Gasteiger partial charge in [-0.05, 0) is 48.7 Å². The second-order valence-corrected chi connectivity index (χ2v) is 11.4. The van der Waals surface area contributed by atoms with E-state index in [1.54, 1.807) is 19.1 Å². The van der Waals surface area contributed by atoms with Gasteiger partial charge in [0.2, 0.25) is 15.9 Å². The summed E-state index contributed by atoms with van der Waals surface area (Å²) in [5.74, 6) is -0.940. The lowest BCUT2D eigenvalue weighted by Crippen LogP contribution is -2.76. The van der Waals surface area contributed by atoms with Crippen LogP contribution >= 0.6 is 0 Å². The number of hydrogen-bond acceptors (Lipinski definition) is 4. The fourth-order valence-corrected chi connectivity index (χ4v) is 5.66. The van der Waals surface area contributed by atoms with Gasteiger partial charge in [-0.2, -0.15) is 0 Å². The quantitative estimate of drug-likeness (QED) is 0.614. The molecule has 2 fully saturated rings. The Kier molecular flexibility index (Phi) is 6.64. The molecule has 2 atom stereocenters. The van der Waals surface area contributed by atoms with Crippen molar-refractivity contribution in [1.29, 1.82) is 0 Å². The lowest BCUT2D eigenvalue weighted by atomic mass is 9.72. The monoisotopic (exact) mass is 481 g/mol. The lowest BCUT2D eigenvalue weighted by molar-refractivity contribution is -0.143. The molecule has 2 aromatic carbocycles. The molecule has 1 aliphatic heterocycles. The molecule has 8 heteroatoms. The number of carbonyl (C=O) groups excluding carboxylic acids is 2. The van der Waals surface area contributed by atoms with E-state index in [2.05, 4.69) is 5.32 Å². The molecule has 2 aliphatic rings. The van der Waals surface area contributed by atoms with Crippen molar-refractivity contribution >= 4 is 33.6 Å². The van der Waals surface area contributed by atoms with E-state index in [4.69, 9.17) is 0 Å². The van der Waals surface area contributed by atoms with E-state index in [0.717, 1.165) is 35.6 Å². The number of nitrogens with zero attached hydrogens (tertiary/aromatic N) is 2. The standard InChI is InChI=1S/C26H31N3O4S/c1-19-24(30)29(22-13-15-23(16-14-22)34(32,33)28(2)3)26(19,18-17-20-9-5-4-6-10-20)25(31)27-21-11-7-8-12-21/h4-6,9-10,13-19,21H,7-8,11-12H2,1-3H3,(H,27,31)/b18-17+/t19-,26+/m1/s1. The van der Waals surface area contributed by atoms with Gasteiger partial charge < -0.3 is 5.32 Å². The molecule has 0 bridgehead atoms. The minimum atomic E-state index is -3.60. The van der Waals surface area contributed by atoms with Crippen molar-refractivity contribution in [2.75, 3.05) is 19.0 Å². The molecule has 2 amide bonds. The summed E-state index contributed by atoms with van der Waals surface area (Å²) in [6.07, 6.45) is 7.71. The van der Waals surface area contributed by atoms with E-state index >= 15 is 0 Å². The number of nitrogens with one attached hydrogen (secondary N) is 1. The third kappa shape index (κ3) is 4.16. The molecule has 0 radical (unpaired) electrons. The van der Waals surface area contributed by atoms with Gasteiger partial charge in [-0.25, -0.2) is 12.7 Å². The van der Waals surface area contributed by atoms with Crippen LogP contribution in [0.1, 0.15) is 38.2 Å². The zero-order chi connectivity index (χ0) is 24.5. The Morgan fingerprint density at radius 1 is 1.06 bits per heavy atom. The van der Waals surface area contributed by atoms with Crippen LogP contribution in [-0.2, 0) is 19.6 Å². The first-order valence-electron chi connectivity index (χ1n) is 11.6. The molecule has 180 valence electrons. The van der Waals surface area contributed by atoms with Crippen LogP contribution in [-0.4, -0.2) is 50.2 Å². The highest BCUT2D eigenvalue weighted by Crippen LogP contribution is 2.44. The molecule has 1 saturated heterocycles. The highest BCUT2D eigenvalue weighted by Gasteiger charge is 2.62. The zero-order valence-electron chi connectivity index (χ0n) is 19.8. The molecule has 0 unspecified atom stereocenters. The van der Waals surface area contributed by atoms with Crippen LogP contribution in [0.15, 0.2) is 65.6 Å². The second kappa shape index (κ2) is 9.35. The average Bonchev–Trinajstić information content (AvgIpc) is 3.34. The van der Waals surface area contributed by atoms with Gasteiger partial charge in [0, 0.05) is 25.8 Å². The molecule has 34 heavy (non-hydrogen) atoms. The summed E-state index contributed by atoms with van der Waals surface area (Å²) in [4.78, 5) is 28.4. The smallest absolute Gasteiger partial charge is 0.251 e. The van der Waals surface area contributed by atoms with Gasteiger partial charge in [-0.15, -0.1) is 0 Å². The van der Waals surface area contributed by atoms with Gasteiger partial charge in [-0.1, -0.05) is 56.2 Å². The van der Waals surface area contributed by atoms with Crippen LogP contribution in [0.25, 0.3) is 6.08 Å². The molecule has 2 aromatic rings. The van der Waals surface area contributed by atoms with Crippen LogP contribution in [0.2, 0.25) is 0 Å². The maximum absolute atomic E-state index is 13.7. The third-order valence-electron chi connectivity index (χ3n) is 6.88. The van der Waals surface area contributed by atoms with Crippen molar-refractivity contribution in [3.8, 4) is 0 Å². The highest BCUT2D eigenvalue weighted by atomic mass is 32.2. The summed E-state index contributed by atoms with van der Waals surface area (Å²) in [6.45, 7) is 1.77. The first-order chi connectivity index (χ1) is 16.2. The van der Waals surface area contributed by atoms with Crippen molar-refractivity contribution in [3.63, 3.8) is 0 Å². The van der Waals surface area contributed by atoms with E-state index in [1.165, 1.54) is 31.1 Å². The Morgan fingerprint density at radius 2 is 1.68 bits per heavy atom. The van der Waals surface area contributed by atoms with Gasteiger partial charge in [-0.3, -0.25) is 14.5 Å². The molecular formula is C26H31N3O4S. The highest BCUT2D eigenvalue weighted by molar-refractivity contribution is 7.89. The second-order valence-electron chi connectivity index (χ2n) is 9.20. The van der Waals surface area contributed by atoms with Crippen molar-refractivity contribution in [2.45, 2.75) is 49.1 Å². The topological polar surface area (TPSA) is 86.8 Å². The maximum atomic E-state index is 13.7. The van der Waals surface area contributed by atoms with Gasteiger partial charge in [0.25, 0.3) is 5.91 Å². The molecular weight excluding hydrogens is 450 g/mol. The number of hydrogen-bond donors (Lipinski definition) is 1. The minimum absolute atomic E-state index is 0.104. The fraction of sp³-hybridized carbons (Fsp3) is 0.385. The Bertz CT molecular complexity index is 1190. The van der Waals surface area contributed by atoms with E-state index in [0.29, 0.717) is 5.69 Å². The van der Waals surface area contributed by atoms with Crippen LogP contribution in [0.4, 0.5) is 5.69 Å². The number of rotatable bonds is 7. The number of sulfonamides is 1. The van der Waals surface area contributed by atoms with Gasteiger partial charge >= 0.3 is 0 Å². The molecule has 7 nitrogen and oxygen atoms in total. The van der Waals surface area contributed by atoms with Crippen LogP contribution in [0, 0.1) is 5.92 Å². The van der Waals surface area contributed by atoms with Gasteiger partial charge in [0.1, 0.15) is 0 Å². The largest absolute Gasteiger partial charge is 0.351 e. The van der Waals surface area contributed by atoms with Crippen molar-refractivity contribution in [3.05, 3.63) is 66.2 Å². The number of amides is 2. The maximum Gasteiger partial charge on any atom is 0.251 e. The molecule has 1 saturated carbocycles. The summed E-state index contributed by atoms with van der Waals surface area (Å²) in [5, 5.41) is 3.17. The van der Waals surface area contributed by atoms with Gasteiger partial charge in [0.05, 0.1) is 10.8 Å². The van der Waals surface area contributed by atoms with Crippen molar-refractivity contribution in [1.82, 2.24) is 9.62 Å². The van der Waals surface area contributed by atoms with E-state index in [9.17, 15) is 18.0 Å². The van der Waals surface area contributed by atoms with E-state index in [1.807, 2.05) is 42.5 Å². The summed E-state index contributed by atoms with van der Waals surface area (Å²) in [5.41, 5.74) is 0.215. The molecule has 0 aromatic heterocycles. The molecule has 4 rings (SSSR count). The SMILES string of the molecule is C[C@@H]1C(=O)N(c2ccc(S(=O)(=O)N(C)C)cc2)[C@]1(/C=C/c1ccccc1)C(=O)NC1CCCC1. The van der Waals surface area contributed by atoms with E-state index < -0.39 is 21.5 Å². The predicted octanol–water partition coefficient (Wildman–Crippen LogP) is 3.43. The number of benzene rings is 2. The van der Waals surface area contributed by atoms with Crippen LogP contribution in [0.3, 0.4) is 0 Å². The Morgan fingerprint density at radius 3 is 2.26 bits per heavy atom. The Hall–Kier alpha value is -2.97. The minimum Gasteiger partial charge on any atom is -0.351 e.